The van der Waals surface area contributed by atoms with Crippen molar-refractivity contribution in [3.8, 4) is 11.3 Å². The monoisotopic (exact) mass is 251 g/mol. The highest BCUT2D eigenvalue weighted by Gasteiger charge is 2.18. The van der Waals surface area contributed by atoms with Crippen molar-refractivity contribution in [2.75, 3.05) is 0 Å². The molecule has 0 spiro atoms. The number of imidazole rings is 1. The van der Waals surface area contributed by atoms with Crippen LogP contribution < -0.4 is 0 Å². The van der Waals surface area contributed by atoms with Gasteiger partial charge >= 0.3 is 0 Å². The Labute approximate surface area is 112 Å². The third-order valence-corrected chi connectivity index (χ3v) is 3.55. The summed E-state index contributed by atoms with van der Waals surface area (Å²) in [6, 6.07) is 14.3. The van der Waals surface area contributed by atoms with Crippen molar-refractivity contribution in [1.82, 2.24) is 14.6 Å². The Kier molecular flexibility index (Phi) is 3.03. The molecule has 0 aliphatic carbocycles. The standard InChI is InChI=1S/C16H17N3/c1-3-12(2)16-15(13-8-5-4-6-9-13)18-14-10-7-11-17-19(14)16/h4-12H,3H2,1-2H3. The van der Waals surface area contributed by atoms with Crippen LogP contribution in [0.25, 0.3) is 16.9 Å². The smallest absolute Gasteiger partial charge is 0.154 e. The number of fused-ring (bicyclic) bond motifs is 1. The lowest BCUT2D eigenvalue weighted by atomic mass is 10.00. The number of nitrogens with zero attached hydrogens (tertiary/aromatic N) is 3. The number of benzene rings is 1. The molecule has 2 heterocycles. The van der Waals surface area contributed by atoms with Gasteiger partial charge in [0.2, 0.25) is 0 Å². The van der Waals surface area contributed by atoms with E-state index in [1.165, 1.54) is 5.69 Å². The zero-order valence-electron chi connectivity index (χ0n) is 11.2. The number of aromatic nitrogens is 3. The minimum absolute atomic E-state index is 0.431. The van der Waals surface area contributed by atoms with Crippen LogP contribution in [0.1, 0.15) is 31.9 Å². The quantitative estimate of drug-likeness (QED) is 0.706. The molecule has 0 saturated heterocycles. The van der Waals surface area contributed by atoms with Crippen molar-refractivity contribution in [2.45, 2.75) is 26.2 Å². The van der Waals surface area contributed by atoms with Gasteiger partial charge in [0, 0.05) is 17.7 Å². The molecule has 19 heavy (non-hydrogen) atoms. The van der Waals surface area contributed by atoms with E-state index in [0.717, 1.165) is 23.3 Å². The summed E-state index contributed by atoms with van der Waals surface area (Å²) in [7, 11) is 0. The molecule has 2 aromatic heterocycles. The van der Waals surface area contributed by atoms with Crippen molar-refractivity contribution in [1.29, 1.82) is 0 Å². The molecular formula is C16H17N3. The van der Waals surface area contributed by atoms with E-state index in [1.54, 1.807) is 0 Å². The fraction of sp³-hybridized carbons (Fsp3) is 0.250. The molecule has 96 valence electrons. The summed E-state index contributed by atoms with van der Waals surface area (Å²) in [5, 5.41) is 4.45. The van der Waals surface area contributed by atoms with E-state index in [2.05, 4.69) is 31.1 Å². The van der Waals surface area contributed by atoms with E-state index in [4.69, 9.17) is 4.98 Å². The van der Waals surface area contributed by atoms with Gasteiger partial charge in [0.05, 0.1) is 11.4 Å². The van der Waals surface area contributed by atoms with Gasteiger partial charge in [-0.2, -0.15) is 5.10 Å². The van der Waals surface area contributed by atoms with Crippen molar-refractivity contribution in [2.24, 2.45) is 0 Å². The highest BCUT2D eigenvalue weighted by atomic mass is 15.3. The molecule has 0 amide bonds. The molecule has 0 bridgehead atoms. The molecule has 3 aromatic rings. The van der Waals surface area contributed by atoms with E-state index in [1.807, 2.05) is 41.0 Å². The molecule has 0 radical (unpaired) electrons. The van der Waals surface area contributed by atoms with Crippen molar-refractivity contribution < 1.29 is 0 Å². The predicted octanol–water partition coefficient (Wildman–Crippen LogP) is 3.91. The van der Waals surface area contributed by atoms with Gasteiger partial charge in [-0.15, -0.1) is 0 Å². The first-order valence-electron chi connectivity index (χ1n) is 6.70. The Balaban J connectivity index is 2.29. The van der Waals surface area contributed by atoms with E-state index < -0.39 is 0 Å². The summed E-state index contributed by atoms with van der Waals surface area (Å²) in [4.78, 5) is 4.75. The average molecular weight is 251 g/mol. The molecule has 1 unspecified atom stereocenters. The Morgan fingerprint density at radius 3 is 2.63 bits per heavy atom. The zero-order chi connectivity index (χ0) is 13.2. The predicted molar refractivity (Wildman–Crippen MR) is 77.1 cm³/mol. The summed E-state index contributed by atoms with van der Waals surface area (Å²) in [6.07, 6.45) is 2.89. The highest BCUT2D eigenvalue weighted by molar-refractivity contribution is 5.66. The van der Waals surface area contributed by atoms with Crippen molar-refractivity contribution >= 4 is 5.65 Å². The second kappa shape index (κ2) is 4.84. The molecule has 0 fully saturated rings. The van der Waals surface area contributed by atoms with Crippen LogP contribution >= 0.6 is 0 Å². The Bertz CT molecular complexity index is 686. The molecule has 0 aliphatic heterocycles. The van der Waals surface area contributed by atoms with E-state index >= 15 is 0 Å². The molecule has 0 aliphatic rings. The summed E-state index contributed by atoms with van der Waals surface area (Å²) >= 11 is 0. The largest absolute Gasteiger partial charge is 0.227 e. The van der Waals surface area contributed by atoms with Gasteiger partial charge in [-0.3, -0.25) is 0 Å². The first-order chi connectivity index (χ1) is 9.31. The average Bonchev–Trinajstić information content (AvgIpc) is 2.87. The van der Waals surface area contributed by atoms with Gasteiger partial charge in [-0.1, -0.05) is 44.2 Å². The molecule has 3 rings (SSSR count). The van der Waals surface area contributed by atoms with Crippen LogP contribution in [0.15, 0.2) is 48.7 Å². The summed E-state index contributed by atoms with van der Waals surface area (Å²) in [5.41, 5.74) is 4.32. The van der Waals surface area contributed by atoms with Crippen LogP contribution in [-0.4, -0.2) is 14.6 Å². The Morgan fingerprint density at radius 1 is 1.11 bits per heavy atom. The Morgan fingerprint density at radius 2 is 1.89 bits per heavy atom. The lowest BCUT2D eigenvalue weighted by Crippen LogP contribution is -2.02. The maximum absolute atomic E-state index is 4.75. The van der Waals surface area contributed by atoms with Crippen LogP contribution in [0.5, 0.6) is 0 Å². The summed E-state index contributed by atoms with van der Waals surface area (Å²) in [6.45, 7) is 4.42. The molecule has 1 aromatic carbocycles. The Hall–Kier alpha value is -2.16. The van der Waals surface area contributed by atoms with Crippen LogP contribution in [0.3, 0.4) is 0 Å². The highest BCUT2D eigenvalue weighted by Crippen LogP contribution is 2.30. The SMILES string of the molecule is CCC(C)c1c(-c2ccccc2)nc2cccnn12. The zero-order valence-corrected chi connectivity index (χ0v) is 11.2. The fourth-order valence-corrected chi connectivity index (χ4v) is 2.35. The first-order valence-corrected chi connectivity index (χ1v) is 6.70. The lowest BCUT2D eigenvalue weighted by Gasteiger charge is -2.10. The van der Waals surface area contributed by atoms with Gasteiger partial charge in [0.15, 0.2) is 5.65 Å². The molecule has 3 nitrogen and oxygen atoms in total. The maximum Gasteiger partial charge on any atom is 0.154 e. The van der Waals surface area contributed by atoms with Crippen molar-refractivity contribution in [3.63, 3.8) is 0 Å². The van der Waals surface area contributed by atoms with E-state index in [0.29, 0.717) is 5.92 Å². The normalized spacial score (nSPS) is 12.7. The minimum Gasteiger partial charge on any atom is -0.227 e. The molecular weight excluding hydrogens is 234 g/mol. The third kappa shape index (κ3) is 2.01. The van der Waals surface area contributed by atoms with Crippen LogP contribution in [0.2, 0.25) is 0 Å². The molecule has 1 atom stereocenters. The van der Waals surface area contributed by atoms with Crippen LogP contribution in [-0.2, 0) is 0 Å². The number of rotatable bonds is 3. The lowest BCUT2D eigenvalue weighted by molar-refractivity contribution is 0.679. The fourth-order valence-electron chi connectivity index (χ4n) is 2.35. The van der Waals surface area contributed by atoms with Crippen LogP contribution in [0, 0.1) is 0 Å². The molecule has 0 saturated carbocycles. The van der Waals surface area contributed by atoms with Gasteiger partial charge in [0.25, 0.3) is 0 Å². The molecule has 3 heteroatoms. The van der Waals surface area contributed by atoms with Crippen molar-refractivity contribution in [3.05, 3.63) is 54.4 Å². The minimum atomic E-state index is 0.431. The summed E-state index contributed by atoms with van der Waals surface area (Å²) in [5.74, 6) is 0.431. The number of hydrogen-bond acceptors (Lipinski definition) is 2. The maximum atomic E-state index is 4.75. The van der Waals surface area contributed by atoms with Gasteiger partial charge < -0.3 is 0 Å². The first kappa shape index (κ1) is 11.9. The van der Waals surface area contributed by atoms with Gasteiger partial charge in [-0.25, -0.2) is 9.50 Å². The molecule has 0 N–H and O–H groups in total. The van der Waals surface area contributed by atoms with E-state index in [-0.39, 0.29) is 0 Å². The van der Waals surface area contributed by atoms with E-state index in [9.17, 15) is 0 Å². The number of hydrogen-bond donors (Lipinski definition) is 0. The topological polar surface area (TPSA) is 30.2 Å². The van der Waals surface area contributed by atoms with Gasteiger partial charge in [0.1, 0.15) is 0 Å². The second-order valence-corrected chi connectivity index (χ2v) is 4.81. The summed E-state index contributed by atoms with van der Waals surface area (Å²) < 4.78 is 1.97. The third-order valence-electron chi connectivity index (χ3n) is 3.55. The van der Waals surface area contributed by atoms with Crippen LogP contribution in [0.4, 0.5) is 0 Å². The van der Waals surface area contributed by atoms with Gasteiger partial charge in [-0.05, 0) is 18.6 Å². The second-order valence-electron chi connectivity index (χ2n) is 4.81.